The normalized spacial score (nSPS) is 17.1. The van der Waals surface area contributed by atoms with Gasteiger partial charge in [-0.1, -0.05) is 26.8 Å². The molecule has 6 rings (SSSR count). The Morgan fingerprint density at radius 3 is 2.78 bits per heavy atom. The van der Waals surface area contributed by atoms with Crippen LogP contribution in [0.2, 0.25) is 0 Å². The number of anilines is 1. The summed E-state index contributed by atoms with van der Waals surface area (Å²) in [4.78, 5) is 22.4. The molecular formula is C27H31N7O2. The lowest BCUT2D eigenvalue weighted by molar-refractivity contribution is 0.0962. The van der Waals surface area contributed by atoms with E-state index in [1.165, 1.54) is 12.8 Å². The number of ether oxygens (including phenoxy) is 1. The summed E-state index contributed by atoms with van der Waals surface area (Å²) < 4.78 is 6.14. The van der Waals surface area contributed by atoms with Crippen LogP contribution in [-0.2, 0) is 18.5 Å². The highest BCUT2D eigenvalue weighted by Gasteiger charge is 2.33. The first-order valence-electron chi connectivity index (χ1n) is 12.6. The van der Waals surface area contributed by atoms with Crippen molar-refractivity contribution in [2.24, 2.45) is 0 Å². The van der Waals surface area contributed by atoms with E-state index in [2.05, 4.69) is 53.2 Å². The van der Waals surface area contributed by atoms with E-state index in [9.17, 15) is 4.79 Å². The molecule has 2 aliphatic heterocycles. The molecule has 3 aromatic rings. The van der Waals surface area contributed by atoms with E-state index in [1.807, 2.05) is 17.0 Å². The van der Waals surface area contributed by atoms with Crippen LogP contribution < -0.4 is 9.64 Å². The second-order valence-electron chi connectivity index (χ2n) is 11.0. The van der Waals surface area contributed by atoms with Gasteiger partial charge in [0.05, 0.1) is 31.5 Å². The van der Waals surface area contributed by atoms with Crippen LogP contribution in [0.4, 0.5) is 5.69 Å². The zero-order chi connectivity index (χ0) is 25.0. The van der Waals surface area contributed by atoms with Crippen molar-refractivity contribution in [2.45, 2.75) is 58.0 Å². The van der Waals surface area contributed by atoms with E-state index in [4.69, 9.17) is 15.1 Å². The molecule has 0 bridgehead atoms. The van der Waals surface area contributed by atoms with Crippen LogP contribution in [0.25, 0.3) is 0 Å². The van der Waals surface area contributed by atoms with Gasteiger partial charge in [0, 0.05) is 34.8 Å². The van der Waals surface area contributed by atoms with Crippen molar-refractivity contribution in [3.05, 3.63) is 64.2 Å². The molecule has 36 heavy (non-hydrogen) atoms. The van der Waals surface area contributed by atoms with Gasteiger partial charge in [-0.15, -0.1) is 0 Å². The molecule has 2 aromatic heterocycles. The van der Waals surface area contributed by atoms with Crippen LogP contribution in [0.1, 0.15) is 78.1 Å². The third kappa shape index (κ3) is 4.12. The number of amidine groups is 1. The molecule has 4 heterocycles. The smallest absolute Gasteiger partial charge is 0.182 e. The molecule has 1 aliphatic carbocycles. The third-order valence-corrected chi connectivity index (χ3v) is 7.20. The number of hydrogen-bond acceptors (Lipinski definition) is 7. The van der Waals surface area contributed by atoms with Gasteiger partial charge in [-0.05, 0) is 36.5 Å². The van der Waals surface area contributed by atoms with Gasteiger partial charge >= 0.3 is 0 Å². The molecule has 9 heteroatoms. The standard InChI is InChI=1S/C27H31N7O2/c1-27(2,3)20-10-18(11-22-25(20)36-9-8-33(22)14-19-12-29-32-31-19)23(35)15-34-13-17-6-7-21(16-4-5-16)30-24(17)26(34)28/h6-7,10-12,16,28H,4-5,8-9,13-15H2,1-3H3,(H,29,31,32). The number of benzene rings is 1. The van der Waals surface area contributed by atoms with Gasteiger partial charge in [-0.25, -0.2) is 4.98 Å². The fourth-order valence-electron chi connectivity index (χ4n) is 5.03. The molecular weight excluding hydrogens is 454 g/mol. The summed E-state index contributed by atoms with van der Waals surface area (Å²) in [6, 6.07) is 8.06. The average molecular weight is 486 g/mol. The summed E-state index contributed by atoms with van der Waals surface area (Å²) in [5.41, 5.74) is 5.97. The zero-order valence-corrected chi connectivity index (χ0v) is 21.0. The number of nitrogens with one attached hydrogen (secondary N) is 2. The second-order valence-corrected chi connectivity index (χ2v) is 11.0. The van der Waals surface area contributed by atoms with Crippen LogP contribution in [0.3, 0.4) is 0 Å². The Labute approximate surface area is 210 Å². The third-order valence-electron chi connectivity index (χ3n) is 7.20. The maximum absolute atomic E-state index is 13.6. The van der Waals surface area contributed by atoms with E-state index < -0.39 is 0 Å². The van der Waals surface area contributed by atoms with Crippen molar-refractivity contribution in [3.63, 3.8) is 0 Å². The van der Waals surface area contributed by atoms with E-state index in [0.717, 1.165) is 39.6 Å². The molecule has 0 saturated heterocycles. The van der Waals surface area contributed by atoms with Crippen molar-refractivity contribution in [1.29, 1.82) is 5.41 Å². The number of Topliss-reactive ketones (excluding diaryl/α,β-unsaturated/α-hetero) is 1. The van der Waals surface area contributed by atoms with Gasteiger partial charge in [-0.2, -0.15) is 15.4 Å². The van der Waals surface area contributed by atoms with E-state index >= 15 is 0 Å². The molecule has 9 nitrogen and oxygen atoms in total. The van der Waals surface area contributed by atoms with Gasteiger partial charge in [0.25, 0.3) is 0 Å². The number of aromatic amines is 1. The summed E-state index contributed by atoms with van der Waals surface area (Å²) >= 11 is 0. The van der Waals surface area contributed by atoms with E-state index in [1.54, 1.807) is 6.20 Å². The molecule has 2 N–H and O–H groups in total. The van der Waals surface area contributed by atoms with Crippen molar-refractivity contribution in [2.75, 3.05) is 24.6 Å². The van der Waals surface area contributed by atoms with Crippen LogP contribution >= 0.6 is 0 Å². The number of ketones is 1. The summed E-state index contributed by atoms with van der Waals surface area (Å²) in [5, 5.41) is 19.5. The summed E-state index contributed by atoms with van der Waals surface area (Å²) in [6.45, 7) is 8.92. The van der Waals surface area contributed by atoms with Gasteiger partial charge < -0.3 is 14.5 Å². The first kappa shape index (κ1) is 22.7. The SMILES string of the molecule is CC(C)(C)c1cc(C(=O)CN2Cc3ccc(C4CC4)nc3C2=N)cc2c1OCCN2Cc1cn[nH]n1. The van der Waals surface area contributed by atoms with Crippen molar-refractivity contribution < 1.29 is 9.53 Å². The van der Waals surface area contributed by atoms with Gasteiger partial charge in [0.1, 0.15) is 29.6 Å². The molecule has 1 fully saturated rings. The van der Waals surface area contributed by atoms with E-state index in [-0.39, 0.29) is 17.7 Å². The Morgan fingerprint density at radius 2 is 2.06 bits per heavy atom. The number of aromatic nitrogens is 4. The fraction of sp³-hybridized carbons (Fsp3) is 0.444. The Balaban J connectivity index is 1.29. The number of carbonyl (C=O) groups is 1. The van der Waals surface area contributed by atoms with Gasteiger partial charge in [0.15, 0.2) is 5.78 Å². The van der Waals surface area contributed by atoms with Crippen molar-refractivity contribution in [1.82, 2.24) is 25.3 Å². The molecule has 0 spiro atoms. The molecule has 0 atom stereocenters. The highest BCUT2D eigenvalue weighted by molar-refractivity contribution is 6.05. The summed E-state index contributed by atoms with van der Waals surface area (Å²) in [5.74, 6) is 1.68. The van der Waals surface area contributed by atoms with Crippen LogP contribution in [-0.4, -0.2) is 56.6 Å². The lowest BCUT2D eigenvalue weighted by Gasteiger charge is -2.35. The first-order chi connectivity index (χ1) is 17.3. The largest absolute Gasteiger partial charge is 0.489 e. The molecule has 186 valence electrons. The van der Waals surface area contributed by atoms with Crippen molar-refractivity contribution in [3.8, 4) is 5.75 Å². The Bertz CT molecular complexity index is 1340. The predicted octanol–water partition coefficient (Wildman–Crippen LogP) is 3.80. The van der Waals surface area contributed by atoms with Crippen LogP contribution in [0.15, 0.2) is 30.5 Å². The number of hydrogen-bond donors (Lipinski definition) is 2. The minimum Gasteiger partial charge on any atom is -0.489 e. The number of rotatable bonds is 6. The van der Waals surface area contributed by atoms with Gasteiger partial charge in [-0.3, -0.25) is 10.2 Å². The number of fused-ring (bicyclic) bond motifs is 2. The maximum atomic E-state index is 13.6. The second kappa shape index (κ2) is 8.43. The minimum absolute atomic E-state index is 0.0183. The highest BCUT2D eigenvalue weighted by Crippen LogP contribution is 2.43. The summed E-state index contributed by atoms with van der Waals surface area (Å²) in [6.07, 6.45) is 4.06. The molecule has 1 aromatic carbocycles. The number of nitrogens with zero attached hydrogens (tertiary/aromatic N) is 5. The maximum Gasteiger partial charge on any atom is 0.182 e. The monoisotopic (exact) mass is 485 g/mol. The molecule has 0 radical (unpaired) electrons. The summed E-state index contributed by atoms with van der Waals surface area (Å²) in [7, 11) is 0. The fourth-order valence-corrected chi connectivity index (χ4v) is 5.03. The number of H-pyrrole nitrogens is 1. The lowest BCUT2D eigenvalue weighted by atomic mass is 9.84. The van der Waals surface area contributed by atoms with Gasteiger partial charge in [0.2, 0.25) is 0 Å². The van der Waals surface area contributed by atoms with Crippen LogP contribution in [0.5, 0.6) is 5.75 Å². The Kier molecular flexibility index (Phi) is 5.31. The predicted molar refractivity (Wildman–Crippen MR) is 136 cm³/mol. The van der Waals surface area contributed by atoms with Crippen molar-refractivity contribution >= 4 is 17.3 Å². The average Bonchev–Trinajstić information content (AvgIpc) is 3.50. The topological polar surface area (TPSA) is 111 Å². The molecule has 1 saturated carbocycles. The minimum atomic E-state index is -0.211. The lowest BCUT2D eigenvalue weighted by Crippen LogP contribution is -2.34. The molecule has 3 aliphatic rings. The highest BCUT2D eigenvalue weighted by atomic mass is 16.5. The number of carbonyl (C=O) groups excluding carboxylic acids is 1. The first-order valence-corrected chi connectivity index (χ1v) is 12.6. The Morgan fingerprint density at radius 1 is 1.22 bits per heavy atom. The van der Waals surface area contributed by atoms with Crippen LogP contribution in [0, 0.1) is 5.41 Å². The number of pyridine rings is 1. The van der Waals surface area contributed by atoms with E-state index in [0.29, 0.717) is 43.6 Å². The zero-order valence-electron chi connectivity index (χ0n) is 21.0. The molecule has 0 amide bonds. The Hall–Kier alpha value is -3.75. The quantitative estimate of drug-likeness (QED) is 0.511. The molecule has 0 unspecified atom stereocenters.